The standard InChI is InChI=1S/C6H10N4S/c1-2-8-6(7-1)11-5-3-9-10-4-5/h1-2,5,9-10H,3-4H2,(H,7,8). The summed E-state index contributed by atoms with van der Waals surface area (Å²) in [6.07, 6.45) is 3.62. The molecule has 60 valence electrons. The Balaban J connectivity index is 1.90. The number of nitrogens with zero attached hydrogens (tertiary/aromatic N) is 1. The highest BCUT2D eigenvalue weighted by Crippen LogP contribution is 2.18. The lowest BCUT2D eigenvalue weighted by molar-refractivity contribution is 0.689. The van der Waals surface area contributed by atoms with Gasteiger partial charge in [-0.25, -0.2) is 4.98 Å². The van der Waals surface area contributed by atoms with E-state index in [1.54, 1.807) is 18.0 Å². The molecule has 0 aliphatic carbocycles. The molecule has 0 aromatic carbocycles. The Kier molecular flexibility index (Phi) is 2.11. The fourth-order valence-corrected chi connectivity index (χ4v) is 1.91. The lowest BCUT2D eigenvalue weighted by atomic mass is 10.5. The molecule has 4 nitrogen and oxygen atoms in total. The third kappa shape index (κ3) is 1.74. The van der Waals surface area contributed by atoms with Crippen molar-refractivity contribution in [3.63, 3.8) is 0 Å². The van der Waals surface area contributed by atoms with E-state index in [0.717, 1.165) is 18.2 Å². The number of imidazole rings is 1. The molecule has 2 heterocycles. The number of nitrogens with one attached hydrogen (secondary N) is 3. The quantitative estimate of drug-likeness (QED) is 0.584. The predicted octanol–water partition coefficient (Wildman–Crippen LogP) is -0.0218. The molecular formula is C6H10N4S. The number of aromatic nitrogens is 2. The van der Waals surface area contributed by atoms with Crippen molar-refractivity contribution in [2.24, 2.45) is 0 Å². The minimum atomic E-state index is 0.598. The van der Waals surface area contributed by atoms with Gasteiger partial charge in [0.1, 0.15) is 0 Å². The highest BCUT2D eigenvalue weighted by molar-refractivity contribution is 7.99. The van der Waals surface area contributed by atoms with Gasteiger partial charge >= 0.3 is 0 Å². The van der Waals surface area contributed by atoms with Crippen molar-refractivity contribution >= 4 is 11.8 Å². The molecule has 0 radical (unpaired) electrons. The van der Waals surface area contributed by atoms with Crippen molar-refractivity contribution in [3.05, 3.63) is 12.4 Å². The molecule has 0 atom stereocenters. The van der Waals surface area contributed by atoms with Crippen LogP contribution in [0.25, 0.3) is 0 Å². The van der Waals surface area contributed by atoms with Gasteiger partial charge in [0.05, 0.1) is 0 Å². The molecule has 2 rings (SSSR count). The molecule has 0 amide bonds. The summed E-state index contributed by atoms with van der Waals surface area (Å²) in [5.74, 6) is 0. The summed E-state index contributed by atoms with van der Waals surface area (Å²) in [4.78, 5) is 7.19. The van der Waals surface area contributed by atoms with Crippen LogP contribution in [0.2, 0.25) is 0 Å². The Morgan fingerprint density at radius 3 is 2.91 bits per heavy atom. The first kappa shape index (κ1) is 7.15. The Morgan fingerprint density at radius 2 is 2.27 bits per heavy atom. The molecule has 1 fully saturated rings. The molecule has 1 saturated heterocycles. The second-order valence-electron chi connectivity index (χ2n) is 2.40. The molecule has 1 aromatic rings. The number of thioether (sulfide) groups is 1. The number of H-pyrrole nitrogens is 1. The molecule has 0 unspecified atom stereocenters. The van der Waals surface area contributed by atoms with E-state index >= 15 is 0 Å². The largest absolute Gasteiger partial charge is 0.340 e. The number of rotatable bonds is 2. The van der Waals surface area contributed by atoms with Crippen LogP contribution in [0.1, 0.15) is 0 Å². The van der Waals surface area contributed by atoms with E-state index in [2.05, 4.69) is 20.8 Å². The molecule has 1 aliphatic heterocycles. The van der Waals surface area contributed by atoms with Crippen LogP contribution in [-0.4, -0.2) is 28.3 Å². The minimum Gasteiger partial charge on any atom is -0.340 e. The molecule has 3 N–H and O–H groups in total. The summed E-state index contributed by atoms with van der Waals surface area (Å²) in [5, 5.41) is 1.60. The van der Waals surface area contributed by atoms with Crippen molar-refractivity contribution in [3.8, 4) is 0 Å². The summed E-state index contributed by atoms with van der Waals surface area (Å²) < 4.78 is 0. The second kappa shape index (κ2) is 3.25. The first-order chi connectivity index (χ1) is 5.45. The van der Waals surface area contributed by atoms with Crippen molar-refractivity contribution in [1.82, 2.24) is 20.8 Å². The fraction of sp³-hybridized carbons (Fsp3) is 0.500. The van der Waals surface area contributed by atoms with Gasteiger partial charge in [-0.2, -0.15) is 0 Å². The Bertz CT molecular complexity index is 204. The monoisotopic (exact) mass is 170 g/mol. The maximum Gasteiger partial charge on any atom is 0.165 e. The van der Waals surface area contributed by atoms with Gasteiger partial charge in [-0.05, 0) is 0 Å². The number of hydrazine groups is 1. The summed E-state index contributed by atoms with van der Waals surface area (Å²) in [5.41, 5.74) is 6.14. The van der Waals surface area contributed by atoms with Gasteiger partial charge in [0, 0.05) is 30.7 Å². The summed E-state index contributed by atoms with van der Waals surface area (Å²) in [6.45, 7) is 2.01. The van der Waals surface area contributed by atoms with Crippen LogP contribution in [-0.2, 0) is 0 Å². The van der Waals surface area contributed by atoms with Crippen LogP contribution >= 0.6 is 11.8 Å². The summed E-state index contributed by atoms with van der Waals surface area (Å²) in [7, 11) is 0. The predicted molar refractivity (Wildman–Crippen MR) is 44.2 cm³/mol. The van der Waals surface area contributed by atoms with Gasteiger partial charge < -0.3 is 4.98 Å². The molecular weight excluding hydrogens is 160 g/mol. The van der Waals surface area contributed by atoms with Crippen LogP contribution < -0.4 is 10.9 Å². The Hall–Kier alpha value is -0.520. The van der Waals surface area contributed by atoms with Crippen LogP contribution in [0.4, 0.5) is 0 Å². The Labute approximate surface area is 69.1 Å². The summed E-state index contributed by atoms with van der Waals surface area (Å²) >= 11 is 1.77. The van der Waals surface area contributed by atoms with E-state index in [1.807, 2.05) is 6.20 Å². The van der Waals surface area contributed by atoms with E-state index in [9.17, 15) is 0 Å². The lowest BCUT2D eigenvalue weighted by Gasteiger charge is -2.01. The van der Waals surface area contributed by atoms with E-state index in [1.165, 1.54) is 0 Å². The molecule has 5 heteroatoms. The van der Waals surface area contributed by atoms with Crippen molar-refractivity contribution in [1.29, 1.82) is 0 Å². The Morgan fingerprint density at radius 1 is 1.45 bits per heavy atom. The zero-order chi connectivity index (χ0) is 7.52. The molecule has 1 aromatic heterocycles. The maximum atomic E-state index is 4.13. The molecule has 0 saturated carbocycles. The third-order valence-electron chi connectivity index (χ3n) is 1.54. The SMILES string of the molecule is c1c[nH]c(SC2CNNC2)n1. The van der Waals surface area contributed by atoms with Crippen molar-refractivity contribution < 1.29 is 0 Å². The van der Waals surface area contributed by atoms with E-state index < -0.39 is 0 Å². The number of hydrogen-bond acceptors (Lipinski definition) is 4. The molecule has 0 bridgehead atoms. The maximum absolute atomic E-state index is 4.13. The normalized spacial score (nSPS) is 19.3. The topological polar surface area (TPSA) is 52.7 Å². The smallest absolute Gasteiger partial charge is 0.165 e. The van der Waals surface area contributed by atoms with Gasteiger partial charge in [0.15, 0.2) is 5.16 Å². The van der Waals surface area contributed by atoms with E-state index in [4.69, 9.17) is 0 Å². The number of hydrogen-bond donors (Lipinski definition) is 3. The average Bonchev–Trinajstić information content (AvgIpc) is 2.60. The van der Waals surface area contributed by atoms with Gasteiger partial charge in [0.2, 0.25) is 0 Å². The molecule has 11 heavy (non-hydrogen) atoms. The first-order valence-electron chi connectivity index (χ1n) is 3.57. The van der Waals surface area contributed by atoms with Gasteiger partial charge in [0.25, 0.3) is 0 Å². The number of aromatic amines is 1. The van der Waals surface area contributed by atoms with Crippen LogP contribution in [0, 0.1) is 0 Å². The van der Waals surface area contributed by atoms with Crippen molar-refractivity contribution in [2.45, 2.75) is 10.4 Å². The van der Waals surface area contributed by atoms with E-state index in [-0.39, 0.29) is 0 Å². The van der Waals surface area contributed by atoms with Gasteiger partial charge in [-0.15, -0.1) is 0 Å². The van der Waals surface area contributed by atoms with Gasteiger partial charge in [-0.3, -0.25) is 10.9 Å². The lowest BCUT2D eigenvalue weighted by Crippen LogP contribution is -2.21. The van der Waals surface area contributed by atoms with Crippen LogP contribution in [0.5, 0.6) is 0 Å². The van der Waals surface area contributed by atoms with Gasteiger partial charge in [-0.1, -0.05) is 11.8 Å². The second-order valence-corrected chi connectivity index (χ2v) is 3.69. The minimum absolute atomic E-state index is 0.598. The molecule has 0 spiro atoms. The van der Waals surface area contributed by atoms with E-state index in [0.29, 0.717) is 5.25 Å². The first-order valence-corrected chi connectivity index (χ1v) is 4.45. The highest BCUT2D eigenvalue weighted by atomic mass is 32.2. The highest BCUT2D eigenvalue weighted by Gasteiger charge is 2.15. The van der Waals surface area contributed by atoms with Crippen molar-refractivity contribution in [2.75, 3.05) is 13.1 Å². The third-order valence-corrected chi connectivity index (χ3v) is 2.65. The summed E-state index contributed by atoms with van der Waals surface area (Å²) in [6, 6.07) is 0. The zero-order valence-corrected chi connectivity index (χ0v) is 6.82. The average molecular weight is 170 g/mol. The fourth-order valence-electron chi connectivity index (χ4n) is 1.00. The van der Waals surface area contributed by atoms with Crippen LogP contribution in [0.3, 0.4) is 0 Å². The zero-order valence-electron chi connectivity index (χ0n) is 6.00. The van der Waals surface area contributed by atoms with Crippen LogP contribution in [0.15, 0.2) is 17.6 Å². The molecule has 1 aliphatic rings.